The van der Waals surface area contributed by atoms with Gasteiger partial charge in [-0.1, -0.05) is 38.8 Å². The molecule has 0 bridgehead atoms. The molecule has 23 heavy (non-hydrogen) atoms. The minimum Gasteiger partial charge on any atom is -0.497 e. The van der Waals surface area contributed by atoms with Gasteiger partial charge in [-0.05, 0) is 36.5 Å². The van der Waals surface area contributed by atoms with Gasteiger partial charge in [0.2, 0.25) is 5.91 Å². The van der Waals surface area contributed by atoms with Gasteiger partial charge in [0.25, 0.3) is 0 Å². The average Bonchev–Trinajstić information content (AvgIpc) is 2.56. The summed E-state index contributed by atoms with van der Waals surface area (Å²) in [7, 11) is 1.61. The van der Waals surface area contributed by atoms with Gasteiger partial charge in [-0.2, -0.15) is 0 Å². The molecule has 0 saturated heterocycles. The summed E-state index contributed by atoms with van der Waals surface area (Å²) in [6, 6.07) is 6.85. The molecule has 2 atom stereocenters. The summed E-state index contributed by atoms with van der Waals surface area (Å²) >= 11 is 0. The predicted molar refractivity (Wildman–Crippen MR) is 89.7 cm³/mol. The largest absolute Gasteiger partial charge is 0.497 e. The van der Waals surface area contributed by atoms with E-state index in [0.717, 1.165) is 30.6 Å². The molecule has 128 valence electrons. The molecular weight excluding hydrogens is 294 g/mol. The van der Waals surface area contributed by atoms with Gasteiger partial charge in [0.15, 0.2) is 0 Å². The number of amides is 1. The van der Waals surface area contributed by atoms with Crippen molar-refractivity contribution in [2.45, 2.75) is 57.9 Å². The third-order valence-corrected chi connectivity index (χ3v) is 3.99. The molecule has 1 rings (SSSR count). The molecule has 0 aliphatic heterocycles. The monoisotopic (exact) mass is 321 g/mol. The Hall–Kier alpha value is -2.04. The molecule has 1 aromatic rings. The molecule has 0 aliphatic rings. The van der Waals surface area contributed by atoms with Crippen LogP contribution >= 0.6 is 0 Å². The summed E-state index contributed by atoms with van der Waals surface area (Å²) < 4.78 is 5.14. The molecule has 1 amide bonds. The standard InChI is InChI=1S/C18H27NO4/c1-4-6-7-16(18(21)22)19-17(20)12-13(5-2)14-8-10-15(23-3)11-9-14/h8-11,13,16H,4-7,12H2,1-3H3,(H,19,20)(H,21,22)/t13?,16-/m0/s1. The first kappa shape index (κ1) is 19.0. The molecule has 0 aliphatic carbocycles. The molecule has 5 nitrogen and oxygen atoms in total. The molecule has 0 fully saturated rings. The Kier molecular flexibility index (Phi) is 8.16. The first-order valence-corrected chi connectivity index (χ1v) is 8.17. The first-order valence-electron chi connectivity index (χ1n) is 8.17. The Morgan fingerprint density at radius 1 is 1.22 bits per heavy atom. The van der Waals surface area contributed by atoms with Crippen LogP contribution in [0.15, 0.2) is 24.3 Å². The van der Waals surface area contributed by atoms with Gasteiger partial charge < -0.3 is 15.2 Å². The SMILES string of the molecule is CCCC[C@H](NC(=O)CC(CC)c1ccc(OC)cc1)C(=O)O. The van der Waals surface area contributed by atoms with Crippen LogP contribution in [0, 0.1) is 0 Å². The van der Waals surface area contributed by atoms with Gasteiger partial charge in [0.05, 0.1) is 7.11 Å². The molecule has 0 aromatic heterocycles. The van der Waals surface area contributed by atoms with Gasteiger partial charge >= 0.3 is 5.97 Å². The minimum atomic E-state index is -0.968. The van der Waals surface area contributed by atoms with E-state index in [4.69, 9.17) is 4.74 Å². The van der Waals surface area contributed by atoms with Crippen LogP contribution in [-0.2, 0) is 9.59 Å². The lowest BCUT2D eigenvalue weighted by molar-refractivity contribution is -0.142. The lowest BCUT2D eigenvalue weighted by Gasteiger charge is -2.18. The van der Waals surface area contributed by atoms with Crippen molar-refractivity contribution in [3.8, 4) is 5.75 Å². The van der Waals surface area contributed by atoms with Crippen LogP contribution in [0.1, 0.15) is 57.4 Å². The Morgan fingerprint density at radius 2 is 1.87 bits per heavy atom. The number of methoxy groups -OCH3 is 1. The van der Waals surface area contributed by atoms with Crippen LogP contribution in [0.4, 0.5) is 0 Å². The maximum Gasteiger partial charge on any atom is 0.326 e. The third-order valence-electron chi connectivity index (χ3n) is 3.99. The molecule has 2 N–H and O–H groups in total. The number of hydrogen-bond donors (Lipinski definition) is 2. The zero-order valence-corrected chi connectivity index (χ0v) is 14.2. The van der Waals surface area contributed by atoms with E-state index in [9.17, 15) is 14.7 Å². The molecule has 0 saturated carbocycles. The van der Waals surface area contributed by atoms with E-state index in [0.29, 0.717) is 12.8 Å². The fourth-order valence-corrected chi connectivity index (χ4v) is 2.52. The van der Waals surface area contributed by atoms with Crippen LogP contribution in [0.3, 0.4) is 0 Å². The number of carbonyl (C=O) groups is 2. The number of carbonyl (C=O) groups excluding carboxylic acids is 1. The molecular formula is C18H27NO4. The zero-order valence-electron chi connectivity index (χ0n) is 14.2. The minimum absolute atomic E-state index is 0.0709. The van der Waals surface area contributed by atoms with Crippen molar-refractivity contribution in [3.05, 3.63) is 29.8 Å². The Labute approximate surface area is 138 Å². The van der Waals surface area contributed by atoms with Gasteiger partial charge in [0.1, 0.15) is 11.8 Å². The van der Waals surface area contributed by atoms with Crippen molar-refractivity contribution in [2.24, 2.45) is 0 Å². The Morgan fingerprint density at radius 3 is 2.35 bits per heavy atom. The van der Waals surface area contributed by atoms with Crippen molar-refractivity contribution in [1.29, 1.82) is 0 Å². The summed E-state index contributed by atoms with van der Waals surface area (Å²) in [6.07, 6.45) is 3.26. The number of rotatable bonds is 10. The number of nitrogens with one attached hydrogen (secondary N) is 1. The predicted octanol–water partition coefficient (Wildman–Crippen LogP) is 3.34. The van der Waals surface area contributed by atoms with E-state index >= 15 is 0 Å². The average molecular weight is 321 g/mol. The second-order valence-electron chi connectivity index (χ2n) is 5.68. The highest BCUT2D eigenvalue weighted by atomic mass is 16.5. The number of carboxylic acid groups (broad SMARTS) is 1. The normalized spacial score (nSPS) is 13.2. The highest BCUT2D eigenvalue weighted by Crippen LogP contribution is 2.25. The van der Waals surface area contributed by atoms with Crippen molar-refractivity contribution in [3.63, 3.8) is 0 Å². The number of aliphatic carboxylic acids is 1. The number of benzene rings is 1. The van der Waals surface area contributed by atoms with E-state index in [1.807, 2.05) is 38.1 Å². The van der Waals surface area contributed by atoms with E-state index in [1.165, 1.54) is 0 Å². The van der Waals surface area contributed by atoms with E-state index in [2.05, 4.69) is 5.32 Å². The topological polar surface area (TPSA) is 75.6 Å². The van der Waals surface area contributed by atoms with Crippen molar-refractivity contribution >= 4 is 11.9 Å². The Bertz CT molecular complexity index is 498. The van der Waals surface area contributed by atoms with Gasteiger partial charge in [0, 0.05) is 6.42 Å². The Balaban J connectivity index is 2.65. The summed E-state index contributed by atoms with van der Waals surface area (Å²) in [5.41, 5.74) is 1.06. The number of ether oxygens (including phenoxy) is 1. The van der Waals surface area contributed by atoms with Crippen LogP contribution in [-0.4, -0.2) is 30.1 Å². The molecule has 0 heterocycles. The lowest BCUT2D eigenvalue weighted by atomic mass is 9.92. The van der Waals surface area contributed by atoms with E-state index in [1.54, 1.807) is 7.11 Å². The molecule has 0 radical (unpaired) electrons. The quantitative estimate of drug-likeness (QED) is 0.693. The van der Waals surface area contributed by atoms with Crippen molar-refractivity contribution < 1.29 is 19.4 Å². The highest BCUT2D eigenvalue weighted by Gasteiger charge is 2.21. The third kappa shape index (κ3) is 6.30. The lowest BCUT2D eigenvalue weighted by Crippen LogP contribution is -2.41. The maximum atomic E-state index is 12.2. The van der Waals surface area contributed by atoms with E-state index in [-0.39, 0.29) is 11.8 Å². The van der Waals surface area contributed by atoms with Crippen LogP contribution in [0.5, 0.6) is 5.75 Å². The maximum absolute atomic E-state index is 12.2. The van der Waals surface area contributed by atoms with Gasteiger partial charge in [-0.25, -0.2) is 4.79 Å². The summed E-state index contributed by atoms with van der Waals surface area (Å²) in [6.45, 7) is 4.02. The number of hydrogen-bond acceptors (Lipinski definition) is 3. The fourth-order valence-electron chi connectivity index (χ4n) is 2.52. The zero-order chi connectivity index (χ0) is 17.2. The van der Waals surface area contributed by atoms with E-state index < -0.39 is 12.0 Å². The van der Waals surface area contributed by atoms with Crippen LogP contribution in [0.25, 0.3) is 0 Å². The smallest absolute Gasteiger partial charge is 0.326 e. The van der Waals surface area contributed by atoms with Crippen molar-refractivity contribution in [2.75, 3.05) is 7.11 Å². The second-order valence-corrected chi connectivity index (χ2v) is 5.68. The van der Waals surface area contributed by atoms with Crippen molar-refractivity contribution in [1.82, 2.24) is 5.32 Å². The van der Waals surface area contributed by atoms with Gasteiger partial charge in [-0.3, -0.25) is 4.79 Å². The fraction of sp³-hybridized carbons (Fsp3) is 0.556. The van der Waals surface area contributed by atoms with Crippen LogP contribution < -0.4 is 10.1 Å². The molecule has 1 aromatic carbocycles. The number of carboxylic acids is 1. The molecule has 5 heteroatoms. The second kappa shape index (κ2) is 9.87. The number of unbranched alkanes of at least 4 members (excludes halogenated alkanes) is 1. The molecule has 1 unspecified atom stereocenters. The highest BCUT2D eigenvalue weighted by molar-refractivity contribution is 5.83. The summed E-state index contributed by atoms with van der Waals surface area (Å²) in [5.74, 6) is -0.333. The van der Waals surface area contributed by atoms with Gasteiger partial charge in [-0.15, -0.1) is 0 Å². The van der Waals surface area contributed by atoms with Crippen LogP contribution in [0.2, 0.25) is 0 Å². The summed E-state index contributed by atoms with van der Waals surface area (Å²) in [4.78, 5) is 23.4. The molecule has 0 spiro atoms. The first-order chi connectivity index (χ1) is 11.0. The summed E-state index contributed by atoms with van der Waals surface area (Å²) in [5, 5.41) is 11.8.